The van der Waals surface area contributed by atoms with Crippen LogP contribution in [-0.2, 0) is 0 Å². The molecule has 0 amide bonds. The number of hydrogen-bond donors (Lipinski definition) is 0. The van der Waals surface area contributed by atoms with Gasteiger partial charge in [-0.3, -0.25) is 0 Å². The van der Waals surface area contributed by atoms with E-state index >= 15 is 0 Å². The fourth-order valence-corrected chi connectivity index (χ4v) is 10.1. The van der Waals surface area contributed by atoms with Crippen LogP contribution in [0.1, 0.15) is 0 Å². The van der Waals surface area contributed by atoms with Gasteiger partial charge in [0.05, 0.1) is 27.6 Å². The molecule has 4 aromatic heterocycles. The zero-order chi connectivity index (χ0) is 31.8. The normalized spacial score (nSPS) is 12.5. The molecule has 0 bridgehead atoms. The van der Waals surface area contributed by atoms with Gasteiger partial charge in [-0.2, -0.15) is 0 Å². The third-order valence-corrected chi connectivity index (χ3v) is 12.0. The highest BCUT2D eigenvalue weighted by molar-refractivity contribution is 7.26. The Bertz CT molecular complexity index is 3340. The molecule has 2 nitrogen and oxygen atoms in total. The van der Waals surface area contributed by atoms with Crippen molar-refractivity contribution in [2.75, 3.05) is 0 Å². The van der Waals surface area contributed by atoms with Crippen LogP contribution in [0.4, 0.5) is 0 Å². The summed E-state index contributed by atoms with van der Waals surface area (Å²) in [4.78, 5) is 0. The van der Waals surface area contributed by atoms with Crippen LogP contribution in [-0.4, -0.2) is 8.97 Å². The van der Waals surface area contributed by atoms with Crippen LogP contribution in [0.25, 0.3) is 108 Å². The first kappa shape index (κ1) is 25.9. The number of thiophene rings is 1. The third kappa shape index (κ3) is 3.25. The average molecular weight is 639 g/mol. The fourth-order valence-electron chi connectivity index (χ4n) is 8.86. The van der Waals surface area contributed by atoms with Crippen molar-refractivity contribution in [2.24, 2.45) is 0 Å². The Morgan fingerprint density at radius 3 is 1.96 bits per heavy atom. The summed E-state index contributed by atoms with van der Waals surface area (Å²) in [6.07, 6.45) is 0. The predicted octanol–water partition coefficient (Wildman–Crippen LogP) is 13.1. The molecule has 0 atom stereocenters. The molecule has 0 aliphatic heterocycles. The molecule has 12 rings (SSSR count). The summed E-state index contributed by atoms with van der Waals surface area (Å²) in [6.45, 7) is 0. The molecule has 4 heterocycles. The van der Waals surface area contributed by atoms with Crippen LogP contribution < -0.4 is 0 Å². The van der Waals surface area contributed by atoms with Gasteiger partial charge in [0.2, 0.25) is 0 Å². The Kier molecular flexibility index (Phi) is 4.89. The van der Waals surface area contributed by atoms with Crippen LogP contribution in [0, 0.1) is 0 Å². The molecule has 0 aliphatic rings. The van der Waals surface area contributed by atoms with E-state index in [1.807, 2.05) is 11.3 Å². The van der Waals surface area contributed by atoms with Crippen LogP contribution in [0.5, 0.6) is 0 Å². The first-order chi connectivity index (χ1) is 24.3. The highest BCUT2D eigenvalue weighted by Crippen LogP contribution is 2.46. The Morgan fingerprint density at radius 1 is 0.408 bits per heavy atom. The number of hydrogen-bond acceptors (Lipinski definition) is 1. The number of nitrogens with zero attached hydrogens (tertiary/aromatic N) is 2. The lowest BCUT2D eigenvalue weighted by atomic mass is 9.99. The third-order valence-electron chi connectivity index (χ3n) is 10.8. The summed E-state index contributed by atoms with van der Waals surface area (Å²) >= 11 is 1.90. The first-order valence-corrected chi connectivity index (χ1v) is 17.7. The Balaban J connectivity index is 1.19. The highest BCUT2D eigenvalue weighted by Gasteiger charge is 2.23. The number of para-hydroxylation sites is 2. The van der Waals surface area contributed by atoms with Crippen molar-refractivity contribution in [1.29, 1.82) is 0 Å². The smallest absolute Gasteiger partial charge is 0.0641 e. The lowest BCUT2D eigenvalue weighted by Gasteiger charge is -2.12. The van der Waals surface area contributed by atoms with Crippen molar-refractivity contribution in [3.63, 3.8) is 0 Å². The average Bonchev–Trinajstić information content (AvgIpc) is 3.80. The van der Waals surface area contributed by atoms with Crippen LogP contribution in [0.2, 0.25) is 0 Å². The van der Waals surface area contributed by atoms with E-state index < -0.39 is 0 Å². The Labute approximate surface area is 284 Å². The summed E-state index contributed by atoms with van der Waals surface area (Å²) < 4.78 is 7.68. The van der Waals surface area contributed by atoms with E-state index in [1.165, 1.54) is 108 Å². The molecule has 226 valence electrons. The van der Waals surface area contributed by atoms with Crippen molar-refractivity contribution in [3.05, 3.63) is 158 Å². The summed E-state index contributed by atoms with van der Waals surface area (Å²) in [7, 11) is 0. The van der Waals surface area contributed by atoms with Gasteiger partial charge in [0.25, 0.3) is 0 Å². The number of fused-ring (bicyclic) bond motifs is 11. The van der Waals surface area contributed by atoms with Crippen molar-refractivity contribution >= 4 is 102 Å². The van der Waals surface area contributed by atoms with Gasteiger partial charge in [-0.15, -0.1) is 11.3 Å². The van der Waals surface area contributed by atoms with Gasteiger partial charge in [0.15, 0.2) is 0 Å². The predicted molar refractivity (Wildman–Crippen MR) is 211 cm³/mol. The minimum atomic E-state index is 1.18. The molecule has 8 aromatic carbocycles. The molecule has 0 fully saturated rings. The summed E-state index contributed by atoms with van der Waals surface area (Å²) in [5.74, 6) is 0. The van der Waals surface area contributed by atoms with Gasteiger partial charge >= 0.3 is 0 Å². The van der Waals surface area contributed by atoms with Gasteiger partial charge in [0.1, 0.15) is 0 Å². The van der Waals surface area contributed by atoms with Gasteiger partial charge in [-0.05, 0) is 69.8 Å². The summed E-state index contributed by atoms with van der Waals surface area (Å²) in [5, 5.41) is 13.1. The topological polar surface area (TPSA) is 9.34 Å². The van der Waals surface area contributed by atoms with Crippen molar-refractivity contribution in [2.45, 2.75) is 0 Å². The Morgan fingerprint density at radius 2 is 1.08 bits per heavy atom. The molecule has 0 radical (unpaired) electrons. The van der Waals surface area contributed by atoms with E-state index in [-0.39, 0.29) is 0 Å². The molecular weight excluding hydrogens is 613 g/mol. The molecule has 0 saturated carbocycles. The quantitative estimate of drug-likeness (QED) is 0.178. The highest BCUT2D eigenvalue weighted by atomic mass is 32.1. The van der Waals surface area contributed by atoms with Crippen LogP contribution >= 0.6 is 11.3 Å². The van der Waals surface area contributed by atoms with E-state index in [2.05, 4.69) is 167 Å². The van der Waals surface area contributed by atoms with E-state index in [0.29, 0.717) is 0 Å². The minimum Gasteiger partial charge on any atom is -0.309 e. The van der Waals surface area contributed by atoms with Gasteiger partial charge in [-0.1, -0.05) is 115 Å². The Hall–Kier alpha value is -6.16. The summed E-state index contributed by atoms with van der Waals surface area (Å²) in [6, 6.07) is 58.6. The maximum Gasteiger partial charge on any atom is 0.0641 e. The van der Waals surface area contributed by atoms with E-state index in [9.17, 15) is 0 Å². The molecule has 12 aromatic rings. The fraction of sp³-hybridized carbons (Fsp3) is 0. The van der Waals surface area contributed by atoms with Crippen molar-refractivity contribution < 1.29 is 0 Å². The molecule has 0 saturated heterocycles. The van der Waals surface area contributed by atoms with Crippen LogP contribution in [0.3, 0.4) is 0 Å². The van der Waals surface area contributed by atoms with Crippen molar-refractivity contribution in [1.82, 2.24) is 8.97 Å². The number of aromatic nitrogens is 2. The van der Waals surface area contributed by atoms with Gasteiger partial charge < -0.3 is 8.97 Å². The second kappa shape index (κ2) is 9.25. The SMILES string of the molecule is c1cc(-c2cccc3c2sc2ccc4ccccc4c23)cc(-n2c3cccc4c5ccccc5n5c6ccccc6c6ccc2c(c43)c65)c1. The lowest BCUT2D eigenvalue weighted by molar-refractivity contribution is 1.18. The van der Waals surface area contributed by atoms with Gasteiger partial charge in [-0.25, -0.2) is 0 Å². The van der Waals surface area contributed by atoms with E-state index in [1.54, 1.807) is 0 Å². The largest absolute Gasteiger partial charge is 0.309 e. The molecule has 0 unspecified atom stereocenters. The van der Waals surface area contributed by atoms with E-state index in [4.69, 9.17) is 0 Å². The standard InChI is InChI=1S/C46H26N2S/c1-2-13-30-27(10-1)22-25-41-42(30)36-18-8-16-31(46(36)49-41)28-11-7-12-29(26-28)47-39-21-9-17-34-32-14-3-5-19-37(32)48-38-20-6-4-15-33(38)35-23-24-40(47)44(43(34)39)45(35)48/h1-26H. The van der Waals surface area contributed by atoms with Crippen LogP contribution in [0.15, 0.2) is 158 Å². The summed E-state index contributed by atoms with van der Waals surface area (Å²) in [5.41, 5.74) is 9.93. The zero-order valence-corrected chi connectivity index (χ0v) is 27.1. The second-order valence-corrected chi connectivity index (χ2v) is 14.3. The number of benzene rings is 8. The van der Waals surface area contributed by atoms with Crippen molar-refractivity contribution in [3.8, 4) is 16.8 Å². The zero-order valence-electron chi connectivity index (χ0n) is 26.3. The molecule has 0 spiro atoms. The second-order valence-electron chi connectivity index (χ2n) is 13.3. The monoisotopic (exact) mass is 638 g/mol. The molecule has 0 aliphatic carbocycles. The molecule has 3 heteroatoms. The molecule has 49 heavy (non-hydrogen) atoms. The minimum absolute atomic E-state index is 1.18. The van der Waals surface area contributed by atoms with Gasteiger partial charge in [0, 0.05) is 52.8 Å². The maximum absolute atomic E-state index is 2.51. The van der Waals surface area contributed by atoms with E-state index in [0.717, 1.165) is 0 Å². The maximum atomic E-state index is 2.51. The molecule has 0 N–H and O–H groups in total. The first-order valence-electron chi connectivity index (χ1n) is 16.9. The lowest BCUT2D eigenvalue weighted by Crippen LogP contribution is -1.95. The number of rotatable bonds is 2. The molecular formula is C46H26N2S.